The van der Waals surface area contributed by atoms with Gasteiger partial charge in [0.05, 0.1) is 25.4 Å². The van der Waals surface area contributed by atoms with Gasteiger partial charge in [-0.2, -0.15) is 0 Å². The molecule has 0 spiro atoms. The minimum Gasteiger partial charge on any atom is -0.466 e. The van der Waals surface area contributed by atoms with Crippen molar-refractivity contribution in [3.05, 3.63) is 36.5 Å². The summed E-state index contributed by atoms with van der Waals surface area (Å²) in [5, 5.41) is 23.2. The Kier molecular flexibility index (Phi) is 63.9. The van der Waals surface area contributed by atoms with Crippen LogP contribution in [0.2, 0.25) is 0 Å². The fraction of sp³-hybridized carbons (Fsp3) is 0.886. The van der Waals surface area contributed by atoms with Crippen molar-refractivity contribution in [1.29, 1.82) is 0 Å². The SMILES string of the molecule is CCCCCCCCC/C=C\CCCCCCCC(=O)OCCCCCCCCCCCCCC/C=C\CCCCCCCCCC(=O)NC(CO)C(O)/C=C/CCCCCCCCCCCCCCCCCCCC. The molecule has 0 saturated carbocycles. The van der Waals surface area contributed by atoms with Gasteiger partial charge >= 0.3 is 5.97 Å². The molecule has 0 rings (SSSR count). The van der Waals surface area contributed by atoms with Crippen molar-refractivity contribution < 1.29 is 24.5 Å². The van der Waals surface area contributed by atoms with Gasteiger partial charge in [-0.1, -0.05) is 314 Å². The second-order valence-electron chi connectivity index (χ2n) is 23.5. The van der Waals surface area contributed by atoms with Crippen LogP contribution in [0.15, 0.2) is 36.5 Å². The third-order valence-electron chi connectivity index (χ3n) is 15.9. The molecule has 0 radical (unpaired) electrons. The number of nitrogens with one attached hydrogen (secondary N) is 1. The Labute approximate surface area is 474 Å². The number of amides is 1. The molecule has 6 heteroatoms. The van der Waals surface area contributed by atoms with Gasteiger partial charge in [-0.25, -0.2) is 0 Å². The molecule has 2 atom stereocenters. The van der Waals surface area contributed by atoms with E-state index in [4.69, 9.17) is 4.74 Å². The van der Waals surface area contributed by atoms with Crippen LogP contribution in [0.1, 0.15) is 373 Å². The predicted octanol–water partition coefficient (Wildman–Crippen LogP) is 21.9. The van der Waals surface area contributed by atoms with Crippen molar-refractivity contribution in [2.45, 2.75) is 386 Å². The van der Waals surface area contributed by atoms with E-state index in [0.717, 1.165) is 51.4 Å². The van der Waals surface area contributed by atoms with Crippen LogP contribution in [0.25, 0.3) is 0 Å². The average molecular weight is 1070 g/mol. The van der Waals surface area contributed by atoms with E-state index in [-0.39, 0.29) is 18.5 Å². The number of carbonyl (C=O) groups excluding carboxylic acids is 2. The van der Waals surface area contributed by atoms with E-state index < -0.39 is 12.1 Å². The number of hydrogen-bond donors (Lipinski definition) is 3. The largest absolute Gasteiger partial charge is 0.466 e. The van der Waals surface area contributed by atoms with Crippen molar-refractivity contribution >= 4 is 11.9 Å². The van der Waals surface area contributed by atoms with Crippen molar-refractivity contribution in [2.75, 3.05) is 13.2 Å². The molecule has 0 aliphatic heterocycles. The Morgan fingerprint density at radius 2 is 0.618 bits per heavy atom. The lowest BCUT2D eigenvalue weighted by atomic mass is 10.0. The molecule has 0 aromatic carbocycles. The summed E-state index contributed by atoms with van der Waals surface area (Å²) in [6, 6.07) is -0.634. The van der Waals surface area contributed by atoms with Crippen LogP contribution in [-0.4, -0.2) is 47.4 Å². The second kappa shape index (κ2) is 65.6. The number of ether oxygens (including phenoxy) is 1. The first-order valence-corrected chi connectivity index (χ1v) is 34.3. The second-order valence-corrected chi connectivity index (χ2v) is 23.5. The summed E-state index contributed by atoms with van der Waals surface area (Å²) >= 11 is 0. The van der Waals surface area contributed by atoms with Gasteiger partial charge in [-0.3, -0.25) is 9.59 Å². The molecule has 2 unspecified atom stereocenters. The molecule has 0 aromatic rings. The minimum atomic E-state index is -0.850. The highest BCUT2D eigenvalue weighted by molar-refractivity contribution is 5.76. The van der Waals surface area contributed by atoms with Crippen LogP contribution >= 0.6 is 0 Å². The Morgan fingerprint density at radius 3 is 0.934 bits per heavy atom. The van der Waals surface area contributed by atoms with Crippen LogP contribution < -0.4 is 5.32 Å². The number of unbranched alkanes of at least 4 members (excludes halogenated alkanes) is 49. The fourth-order valence-electron chi connectivity index (χ4n) is 10.6. The maximum absolute atomic E-state index is 12.5. The van der Waals surface area contributed by atoms with Crippen LogP contribution in [0.4, 0.5) is 0 Å². The summed E-state index contributed by atoms with van der Waals surface area (Å²) in [7, 11) is 0. The number of aliphatic hydroxyl groups excluding tert-OH is 2. The number of carbonyl (C=O) groups is 2. The van der Waals surface area contributed by atoms with Crippen LogP contribution in [0.3, 0.4) is 0 Å². The fourth-order valence-corrected chi connectivity index (χ4v) is 10.6. The Morgan fingerprint density at radius 1 is 0.355 bits per heavy atom. The van der Waals surface area contributed by atoms with Crippen molar-refractivity contribution in [3.63, 3.8) is 0 Å². The predicted molar refractivity (Wildman–Crippen MR) is 333 cm³/mol. The van der Waals surface area contributed by atoms with Crippen LogP contribution in [-0.2, 0) is 14.3 Å². The highest BCUT2D eigenvalue weighted by Gasteiger charge is 2.18. The normalized spacial score (nSPS) is 12.7. The average Bonchev–Trinajstić information content (AvgIpc) is 3.42. The number of esters is 1. The Bertz CT molecular complexity index is 1230. The summed E-state index contributed by atoms with van der Waals surface area (Å²) in [6.07, 6.45) is 83.5. The molecule has 0 saturated heterocycles. The van der Waals surface area contributed by atoms with Gasteiger partial charge in [0.25, 0.3) is 0 Å². The van der Waals surface area contributed by atoms with Crippen molar-refractivity contribution in [1.82, 2.24) is 5.32 Å². The molecule has 0 heterocycles. The summed E-state index contributed by atoms with van der Waals surface area (Å²) in [5.41, 5.74) is 0. The first kappa shape index (κ1) is 74.1. The van der Waals surface area contributed by atoms with E-state index in [1.807, 2.05) is 6.08 Å². The summed E-state index contributed by atoms with van der Waals surface area (Å²) in [5.74, 6) is -0.0674. The molecule has 448 valence electrons. The smallest absolute Gasteiger partial charge is 0.305 e. The molecule has 0 bridgehead atoms. The maximum Gasteiger partial charge on any atom is 0.305 e. The number of allylic oxidation sites excluding steroid dienone is 5. The zero-order valence-electron chi connectivity index (χ0n) is 51.3. The molecule has 0 aliphatic rings. The first-order valence-electron chi connectivity index (χ1n) is 34.3. The number of rotatable bonds is 64. The number of aliphatic hydroxyl groups is 2. The van der Waals surface area contributed by atoms with Crippen LogP contribution in [0, 0.1) is 0 Å². The zero-order valence-corrected chi connectivity index (χ0v) is 51.3. The Hall–Kier alpha value is -1.92. The molecular weight excluding hydrogens is 935 g/mol. The lowest BCUT2D eigenvalue weighted by Gasteiger charge is -2.20. The van der Waals surface area contributed by atoms with E-state index in [9.17, 15) is 19.8 Å². The molecule has 0 fully saturated rings. The lowest BCUT2D eigenvalue weighted by molar-refractivity contribution is -0.143. The number of hydrogen-bond acceptors (Lipinski definition) is 5. The summed E-state index contributed by atoms with van der Waals surface area (Å²) < 4.78 is 5.49. The summed E-state index contributed by atoms with van der Waals surface area (Å²) in [6.45, 7) is 4.92. The van der Waals surface area contributed by atoms with Gasteiger partial charge in [-0.15, -0.1) is 0 Å². The molecule has 76 heavy (non-hydrogen) atoms. The quantitative estimate of drug-likeness (QED) is 0.0320. The van der Waals surface area contributed by atoms with Gasteiger partial charge < -0.3 is 20.3 Å². The standard InChI is InChI=1S/C70H133NO5/c1-3-5-7-9-11-13-15-17-19-21-22-28-31-34-38-42-46-50-54-58-62-68(73)67(66-72)71-69(74)63-59-55-51-47-43-39-35-32-29-26-24-23-25-27-30-33-37-41-45-49-53-57-61-65-76-70(75)64-60-56-52-48-44-40-36-20-18-16-14-12-10-8-6-4-2/h20,26,29,36,58,62,67-68,72-73H,3-19,21-25,27-28,30-35,37-57,59-61,63-66H2,1-2H3,(H,71,74)/b29-26-,36-20-,62-58+. The van der Waals surface area contributed by atoms with Crippen LogP contribution in [0.5, 0.6) is 0 Å². The Balaban J connectivity index is 3.44. The van der Waals surface area contributed by atoms with Crippen molar-refractivity contribution in [3.8, 4) is 0 Å². The zero-order chi connectivity index (χ0) is 55.0. The molecule has 6 nitrogen and oxygen atoms in total. The lowest BCUT2D eigenvalue weighted by Crippen LogP contribution is -2.45. The molecule has 0 aromatic heterocycles. The van der Waals surface area contributed by atoms with Crippen molar-refractivity contribution in [2.24, 2.45) is 0 Å². The van der Waals surface area contributed by atoms with Gasteiger partial charge in [0.15, 0.2) is 0 Å². The van der Waals surface area contributed by atoms with Gasteiger partial charge in [0.2, 0.25) is 5.91 Å². The third-order valence-corrected chi connectivity index (χ3v) is 15.9. The van der Waals surface area contributed by atoms with Gasteiger partial charge in [0.1, 0.15) is 0 Å². The molecular formula is C70H133NO5. The summed E-state index contributed by atoms with van der Waals surface area (Å²) in [4.78, 5) is 24.6. The minimum absolute atomic E-state index is 0.00402. The van der Waals surface area contributed by atoms with Gasteiger partial charge in [-0.05, 0) is 83.5 Å². The topological polar surface area (TPSA) is 95.9 Å². The molecule has 0 aliphatic carbocycles. The highest BCUT2D eigenvalue weighted by Crippen LogP contribution is 2.18. The van der Waals surface area contributed by atoms with E-state index in [1.54, 1.807) is 6.08 Å². The van der Waals surface area contributed by atoms with E-state index in [1.165, 1.54) is 295 Å². The van der Waals surface area contributed by atoms with E-state index in [0.29, 0.717) is 19.4 Å². The first-order chi connectivity index (χ1) is 37.5. The maximum atomic E-state index is 12.5. The molecule has 3 N–H and O–H groups in total. The third kappa shape index (κ3) is 61.3. The van der Waals surface area contributed by atoms with Gasteiger partial charge in [0, 0.05) is 12.8 Å². The molecule has 1 amide bonds. The highest BCUT2D eigenvalue weighted by atomic mass is 16.5. The van der Waals surface area contributed by atoms with E-state index in [2.05, 4.69) is 43.5 Å². The monoisotopic (exact) mass is 1070 g/mol. The van der Waals surface area contributed by atoms with E-state index >= 15 is 0 Å².